The molecule has 112 valence electrons. The van der Waals surface area contributed by atoms with Gasteiger partial charge in [-0.25, -0.2) is 0 Å². The van der Waals surface area contributed by atoms with E-state index in [1.54, 1.807) is 6.07 Å². The van der Waals surface area contributed by atoms with Gasteiger partial charge < -0.3 is 15.7 Å². The smallest absolute Gasteiger partial charge is 0.266 e. The first kappa shape index (κ1) is 14.6. The summed E-state index contributed by atoms with van der Waals surface area (Å²) < 4.78 is 0.939. The lowest BCUT2D eigenvalue weighted by Gasteiger charge is -2.15. The molecule has 1 unspecified atom stereocenters. The predicted molar refractivity (Wildman–Crippen MR) is 87.0 cm³/mol. The molecule has 0 aliphatic carbocycles. The number of amides is 1. The van der Waals surface area contributed by atoms with Crippen molar-refractivity contribution in [3.8, 4) is 0 Å². The molecule has 0 spiro atoms. The summed E-state index contributed by atoms with van der Waals surface area (Å²) in [5, 5.41) is 10.4. The lowest BCUT2D eigenvalue weighted by atomic mass is 10.1. The molecule has 1 saturated heterocycles. The number of rotatable bonds is 3. The van der Waals surface area contributed by atoms with Crippen LogP contribution < -0.4 is 5.73 Å². The third-order valence-electron chi connectivity index (χ3n) is 4.01. The van der Waals surface area contributed by atoms with Crippen molar-refractivity contribution in [3.63, 3.8) is 0 Å². The SMILES string of the molecule is Nc1c(C(=O)N2CCC(CCO)C2)sc2cccc(Cl)c12. The highest BCUT2D eigenvalue weighted by Crippen LogP contribution is 2.39. The normalized spacial score (nSPS) is 18.6. The van der Waals surface area contributed by atoms with Gasteiger partial charge in [0, 0.05) is 29.8 Å². The number of halogens is 1. The maximum atomic E-state index is 12.6. The van der Waals surface area contributed by atoms with E-state index in [2.05, 4.69) is 0 Å². The fourth-order valence-corrected chi connectivity index (χ4v) is 4.32. The van der Waals surface area contributed by atoms with E-state index in [1.807, 2.05) is 17.0 Å². The number of thiophene rings is 1. The molecular weight excluding hydrogens is 308 g/mol. The standard InChI is InChI=1S/C15H17ClN2O2S/c16-10-2-1-3-11-12(10)13(17)14(21-11)15(20)18-6-4-9(8-18)5-7-19/h1-3,9,19H,4-8,17H2. The highest BCUT2D eigenvalue weighted by molar-refractivity contribution is 7.21. The molecule has 1 amide bonds. The van der Waals surface area contributed by atoms with E-state index in [0.717, 1.165) is 29.5 Å². The van der Waals surface area contributed by atoms with Gasteiger partial charge in [-0.1, -0.05) is 17.7 Å². The van der Waals surface area contributed by atoms with E-state index in [4.69, 9.17) is 22.4 Å². The zero-order valence-corrected chi connectivity index (χ0v) is 13.1. The number of aliphatic hydroxyl groups is 1. The summed E-state index contributed by atoms with van der Waals surface area (Å²) in [5.41, 5.74) is 6.62. The number of benzene rings is 1. The number of nitrogen functional groups attached to an aromatic ring is 1. The number of nitrogens with two attached hydrogens (primary N) is 1. The fourth-order valence-electron chi connectivity index (χ4n) is 2.87. The van der Waals surface area contributed by atoms with Crippen LogP contribution in [0.4, 0.5) is 5.69 Å². The minimum Gasteiger partial charge on any atom is -0.397 e. The summed E-state index contributed by atoms with van der Waals surface area (Å²) in [6.45, 7) is 1.60. The van der Waals surface area contributed by atoms with Gasteiger partial charge in [0.2, 0.25) is 0 Å². The van der Waals surface area contributed by atoms with Gasteiger partial charge in [0.25, 0.3) is 5.91 Å². The Morgan fingerprint density at radius 3 is 3.05 bits per heavy atom. The summed E-state index contributed by atoms with van der Waals surface area (Å²) in [6.07, 6.45) is 1.69. The third kappa shape index (κ3) is 2.61. The Kier molecular flexibility index (Phi) is 4.06. The summed E-state index contributed by atoms with van der Waals surface area (Å²) >= 11 is 7.58. The van der Waals surface area contributed by atoms with Crippen molar-refractivity contribution < 1.29 is 9.90 Å². The van der Waals surface area contributed by atoms with Crippen LogP contribution in [-0.2, 0) is 0 Å². The molecule has 2 aromatic rings. The van der Waals surface area contributed by atoms with Crippen molar-refractivity contribution in [1.29, 1.82) is 0 Å². The molecule has 1 atom stereocenters. The molecule has 0 radical (unpaired) electrons. The zero-order valence-electron chi connectivity index (χ0n) is 11.5. The number of anilines is 1. The van der Waals surface area contributed by atoms with Crippen LogP contribution in [0, 0.1) is 5.92 Å². The number of aliphatic hydroxyl groups excluding tert-OH is 1. The number of nitrogens with zero attached hydrogens (tertiary/aromatic N) is 1. The highest BCUT2D eigenvalue weighted by Gasteiger charge is 2.29. The van der Waals surface area contributed by atoms with Gasteiger partial charge in [0.15, 0.2) is 0 Å². The van der Waals surface area contributed by atoms with E-state index in [1.165, 1.54) is 11.3 Å². The van der Waals surface area contributed by atoms with Crippen molar-refractivity contribution in [2.24, 2.45) is 5.92 Å². The largest absolute Gasteiger partial charge is 0.397 e. The molecule has 1 aliphatic rings. The molecule has 6 heteroatoms. The van der Waals surface area contributed by atoms with Crippen molar-refractivity contribution in [3.05, 3.63) is 28.1 Å². The molecule has 4 nitrogen and oxygen atoms in total. The predicted octanol–water partition coefficient (Wildman–Crippen LogP) is 2.98. The molecule has 0 saturated carbocycles. The number of carbonyl (C=O) groups excluding carboxylic acids is 1. The Hall–Kier alpha value is -1.30. The molecule has 1 fully saturated rings. The molecule has 3 N–H and O–H groups in total. The molecule has 1 aliphatic heterocycles. The highest BCUT2D eigenvalue weighted by atomic mass is 35.5. The van der Waals surface area contributed by atoms with Crippen molar-refractivity contribution in [2.45, 2.75) is 12.8 Å². The topological polar surface area (TPSA) is 66.6 Å². The van der Waals surface area contributed by atoms with Crippen LogP contribution in [-0.4, -0.2) is 35.6 Å². The van der Waals surface area contributed by atoms with E-state index in [-0.39, 0.29) is 12.5 Å². The fraction of sp³-hybridized carbons (Fsp3) is 0.400. The van der Waals surface area contributed by atoms with Crippen molar-refractivity contribution >= 4 is 44.6 Å². The van der Waals surface area contributed by atoms with Crippen LogP contribution in [0.3, 0.4) is 0 Å². The molecule has 1 aromatic carbocycles. The van der Waals surface area contributed by atoms with Gasteiger partial charge in [-0.15, -0.1) is 11.3 Å². The van der Waals surface area contributed by atoms with Crippen molar-refractivity contribution in [1.82, 2.24) is 4.90 Å². The molecule has 3 rings (SSSR count). The quantitative estimate of drug-likeness (QED) is 0.912. The minimum atomic E-state index is -0.0230. The van der Waals surface area contributed by atoms with E-state index in [0.29, 0.717) is 28.0 Å². The summed E-state index contributed by atoms with van der Waals surface area (Å²) in [6, 6.07) is 5.58. The summed E-state index contributed by atoms with van der Waals surface area (Å²) in [7, 11) is 0. The minimum absolute atomic E-state index is 0.0230. The third-order valence-corrected chi connectivity index (χ3v) is 5.48. The summed E-state index contributed by atoms with van der Waals surface area (Å²) in [5.74, 6) is 0.364. The van der Waals surface area contributed by atoms with Crippen LogP contribution in [0.15, 0.2) is 18.2 Å². The van der Waals surface area contributed by atoms with Crippen LogP contribution in [0.5, 0.6) is 0 Å². The first-order valence-electron chi connectivity index (χ1n) is 6.98. The second-order valence-electron chi connectivity index (χ2n) is 5.38. The molecule has 21 heavy (non-hydrogen) atoms. The van der Waals surface area contributed by atoms with Gasteiger partial charge in [-0.3, -0.25) is 4.79 Å². The van der Waals surface area contributed by atoms with Crippen LogP contribution in [0.1, 0.15) is 22.5 Å². The Labute approximate surface area is 132 Å². The second kappa shape index (κ2) is 5.83. The first-order chi connectivity index (χ1) is 10.1. The monoisotopic (exact) mass is 324 g/mol. The molecule has 2 heterocycles. The van der Waals surface area contributed by atoms with E-state index in [9.17, 15) is 4.79 Å². The molecular formula is C15H17ClN2O2S. The Morgan fingerprint density at radius 1 is 1.52 bits per heavy atom. The van der Waals surface area contributed by atoms with Gasteiger partial charge in [-0.05, 0) is 30.9 Å². The average molecular weight is 325 g/mol. The van der Waals surface area contributed by atoms with Crippen LogP contribution in [0.25, 0.3) is 10.1 Å². The van der Waals surface area contributed by atoms with Crippen LogP contribution in [0.2, 0.25) is 5.02 Å². The lowest BCUT2D eigenvalue weighted by molar-refractivity contribution is 0.0790. The molecule has 0 bridgehead atoms. The number of likely N-dealkylation sites (tertiary alicyclic amines) is 1. The van der Waals surface area contributed by atoms with Crippen LogP contribution >= 0.6 is 22.9 Å². The zero-order chi connectivity index (χ0) is 15.0. The van der Waals surface area contributed by atoms with Gasteiger partial charge in [0.05, 0.1) is 10.7 Å². The lowest BCUT2D eigenvalue weighted by Crippen LogP contribution is -2.28. The van der Waals surface area contributed by atoms with Gasteiger partial charge >= 0.3 is 0 Å². The van der Waals surface area contributed by atoms with E-state index >= 15 is 0 Å². The molecule has 1 aromatic heterocycles. The summed E-state index contributed by atoms with van der Waals surface area (Å²) in [4.78, 5) is 15.0. The number of hydrogen-bond acceptors (Lipinski definition) is 4. The Morgan fingerprint density at radius 2 is 2.33 bits per heavy atom. The second-order valence-corrected chi connectivity index (χ2v) is 6.84. The Bertz CT molecular complexity index is 686. The van der Waals surface area contributed by atoms with Crippen molar-refractivity contribution in [2.75, 3.05) is 25.4 Å². The number of fused-ring (bicyclic) bond motifs is 1. The van der Waals surface area contributed by atoms with Gasteiger partial charge in [-0.2, -0.15) is 0 Å². The maximum absolute atomic E-state index is 12.6. The van der Waals surface area contributed by atoms with Gasteiger partial charge in [0.1, 0.15) is 4.88 Å². The maximum Gasteiger partial charge on any atom is 0.266 e. The number of carbonyl (C=O) groups is 1. The Balaban J connectivity index is 1.89. The average Bonchev–Trinajstić information content (AvgIpc) is 3.05. The van der Waals surface area contributed by atoms with E-state index < -0.39 is 0 Å². The number of hydrogen-bond donors (Lipinski definition) is 2. The first-order valence-corrected chi connectivity index (χ1v) is 8.18.